The van der Waals surface area contributed by atoms with Crippen molar-refractivity contribution in [1.82, 2.24) is 4.31 Å². The Hall–Kier alpha value is -1.56. The molecule has 5 nitrogen and oxygen atoms in total. The number of rotatable bonds is 3. The van der Waals surface area contributed by atoms with Crippen LogP contribution in [0.5, 0.6) is 0 Å². The van der Waals surface area contributed by atoms with Crippen LogP contribution >= 0.6 is 0 Å². The van der Waals surface area contributed by atoms with Crippen molar-refractivity contribution in [2.45, 2.75) is 30.3 Å². The molecule has 1 aromatic carbocycles. The Morgan fingerprint density at radius 1 is 1.26 bits per heavy atom. The van der Waals surface area contributed by atoms with Crippen LogP contribution in [0.2, 0.25) is 0 Å². The fourth-order valence-electron chi connectivity index (χ4n) is 2.10. The van der Waals surface area contributed by atoms with Gasteiger partial charge in [0.15, 0.2) is 0 Å². The molecule has 19 heavy (non-hydrogen) atoms. The zero-order valence-corrected chi connectivity index (χ0v) is 10.9. The van der Waals surface area contributed by atoms with Gasteiger partial charge in [0, 0.05) is 6.54 Å². The molecular formula is C12H13FN2O3S. The van der Waals surface area contributed by atoms with Gasteiger partial charge in [0.25, 0.3) is 0 Å². The van der Waals surface area contributed by atoms with Crippen LogP contribution < -0.4 is 0 Å². The van der Waals surface area contributed by atoms with E-state index in [1.807, 2.05) is 0 Å². The first kappa shape index (κ1) is 13.9. The van der Waals surface area contributed by atoms with Crippen molar-refractivity contribution < 1.29 is 17.6 Å². The van der Waals surface area contributed by atoms with Gasteiger partial charge in [0.05, 0.1) is 4.90 Å². The lowest BCUT2D eigenvalue weighted by Crippen LogP contribution is -2.42. The molecule has 0 saturated carbocycles. The molecule has 1 aromatic rings. The van der Waals surface area contributed by atoms with Crippen molar-refractivity contribution in [3.05, 3.63) is 30.1 Å². The van der Waals surface area contributed by atoms with E-state index in [1.54, 1.807) is 0 Å². The third-order valence-electron chi connectivity index (χ3n) is 3.05. The van der Waals surface area contributed by atoms with E-state index in [0.717, 1.165) is 18.6 Å². The second-order valence-corrected chi connectivity index (χ2v) is 6.16. The predicted octanol–water partition coefficient (Wildman–Crippen LogP) is 1.66. The number of benzene rings is 1. The van der Waals surface area contributed by atoms with E-state index in [9.17, 15) is 17.6 Å². The molecule has 0 spiro atoms. The lowest BCUT2D eigenvalue weighted by atomic mass is 10.1. The molecule has 1 saturated heterocycles. The Morgan fingerprint density at radius 2 is 1.95 bits per heavy atom. The zero-order valence-electron chi connectivity index (χ0n) is 10.1. The summed E-state index contributed by atoms with van der Waals surface area (Å²) in [5, 5.41) is 0. The average molecular weight is 284 g/mol. The van der Waals surface area contributed by atoms with Gasteiger partial charge in [-0.3, -0.25) is 0 Å². The summed E-state index contributed by atoms with van der Waals surface area (Å²) in [5.41, 5.74) is 0. The third-order valence-corrected chi connectivity index (χ3v) is 4.96. The van der Waals surface area contributed by atoms with Gasteiger partial charge in [-0.05, 0) is 43.5 Å². The normalized spacial score (nSPS) is 20.8. The summed E-state index contributed by atoms with van der Waals surface area (Å²) in [6.45, 7) is 0.301. The van der Waals surface area contributed by atoms with Crippen LogP contribution in [0.15, 0.2) is 34.2 Å². The van der Waals surface area contributed by atoms with Gasteiger partial charge in [-0.1, -0.05) is 0 Å². The molecule has 1 aliphatic rings. The first-order valence-corrected chi connectivity index (χ1v) is 7.34. The molecule has 0 aromatic heterocycles. The van der Waals surface area contributed by atoms with E-state index < -0.39 is 22.0 Å². The van der Waals surface area contributed by atoms with E-state index in [2.05, 4.69) is 4.99 Å². The Balaban J connectivity index is 2.36. The fourth-order valence-corrected chi connectivity index (χ4v) is 3.69. The van der Waals surface area contributed by atoms with Crippen LogP contribution in [0.1, 0.15) is 19.3 Å². The molecule has 1 heterocycles. The second kappa shape index (κ2) is 5.61. The summed E-state index contributed by atoms with van der Waals surface area (Å²) in [5.74, 6) is -0.500. The highest BCUT2D eigenvalue weighted by Gasteiger charge is 2.33. The summed E-state index contributed by atoms with van der Waals surface area (Å²) in [6.07, 6.45) is 2.72. The van der Waals surface area contributed by atoms with Gasteiger partial charge in [-0.15, -0.1) is 0 Å². The molecule has 1 aliphatic heterocycles. The highest BCUT2D eigenvalue weighted by atomic mass is 32.2. The number of carbonyl (C=O) groups excluding carboxylic acids is 1. The molecule has 1 unspecified atom stereocenters. The maximum Gasteiger partial charge on any atom is 0.244 e. The Kier molecular flexibility index (Phi) is 4.09. The van der Waals surface area contributed by atoms with E-state index in [0.29, 0.717) is 19.4 Å². The van der Waals surface area contributed by atoms with E-state index in [4.69, 9.17) is 0 Å². The number of aliphatic imine (C=N–C) groups is 1. The van der Waals surface area contributed by atoms with Crippen molar-refractivity contribution in [2.24, 2.45) is 4.99 Å². The smallest absolute Gasteiger partial charge is 0.211 e. The van der Waals surface area contributed by atoms with Crippen molar-refractivity contribution in [1.29, 1.82) is 0 Å². The van der Waals surface area contributed by atoms with Crippen LogP contribution in [0, 0.1) is 5.82 Å². The first-order chi connectivity index (χ1) is 9.05. The molecule has 7 heteroatoms. The SMILES string of the molecule is O=C=NC1CCCCN1S(=O)(=O)c1ccc(F)cc1. The third kappa shape index (κ3) is 2.89. The van der Waals surface area contributed by atoms with Crippen LogP contribution in [-0.4, -0.2) is 31.5 Å². The molecule has 0 aliphatic carbocycles. The molecule has 102 valence electrons. The molecule has 0 bridgehead atoms. The van der Waals surface area contributed by atoms with Crippen molar-refractivity contribution in [3.63, 3.8) is 0 Å². The van der Waals surface area contributed by atoms with Gasteiger partial charge in [-0.25, -0.2) is 17.6 Å². The van der Waals surface area contributed by atoms with Gasteiger partial charge in [0.2, 0.25) is 16.1 Å². The van der Waals surface area contributed by atoms with Gasteiger partial charge in [0.1, 0.15) is 12.0 Å². The minimum Gasteiger partial charge on any atom is -0.211 e. The van der Waals surface area contributed by atoms with Crippen molar-refractivity contribution in [2.75, 3.05) is 6.54 Å². The number of hydrogen-bond acceptors (Lipinski definition) is 4. The molecule has 0 N–H and O–H groups in total. The fraction of sp³-hybridized carbons (Fsp3) is 0.417. The summed E-state index contributed by atoms with van der Waals surface area (Å²) >= 11 is 0. The number of isocyanates is 1. The van der Waals surface area contributed by atoms with E-state index in [1.165, 1.54) is 22.5 Å². The minimum absolute atomic E-state index is 0.00176. The minimum atomic E-state index is -3.76. The largest absolute Gasteiger partial charge is 0.244 e. The second-order valence-electron chi connectivity index (χ2n) is 4.27. The summed E-state index contributed by atoms with van der Waals surface area (Å²) in [7, 11) is -3.76. The van der Waals surface area contributed by atoms with Crippen LogP contribution in [0.4, 0.5) is 4.39 Å². The van der Waals surface area contributed by atoms with Crippen LogP contribution in [0.25, 0.3) is 0 Å². The Labute approximate surface area is 110 Å². The van der Waals surface area contributed by atoms with Gasteiger partial charge < -0.3 is 0 Å². The lowest BCUT2D eigenvalue weighted by Gasteiger charge is -2.31. The summed E-state index contributed by atoms with van der Waals surface area (Å²) in [6, 6.07) is 4.60. The van der Waals surface area contributed by atoms with Crippen molar-refractivity contribution >= 4 is 16.1 Å². The predicted molar refractivity (Wildman–Crippen MR) is 66.1 cm³/mol. The number of halogens is 1. The molecule has 0 radical (unpaired) electrons. The van der Waals surface area contributed by atoms with Crippen LogP contribution in [-0.2, 0) is 14.8 Å². The molecule has 0 amide bonds. The lowest BCUT2D eigenvalue weighted by molar-refractivity contribution is 0.259. The summed E-state index contributed by atoms with van der Waals surface area (Å²) in [4.78, 5) is 13.9. The first-order valence-electron chi connectivity index (χ1n) is 5.90. The van der Waals surface area contributed by atoms with Crippen LogP contribution in [0.3, 0.4) is 0 Å². The van der Waals surface area contributed by atoms with Gasteiger partial charge >= 0.3 is 0 Å². The Bertz CT molecular complexity index is 594. The molecule has 2 rings (SSSR count). The highest BCUT2D eigenvalue weighted by Crippen LogP contribution is 2.25. The highest BCUT2D eigenvalue weighted by molar-refractivity contribution is 7.89. The molecule has 1 atom stereocenters. The Morgan fingerprint density at radius 3 is 2.58 bits per heavy atom. The number of nitrogens with zero attached hydrogens (tertiary/aromatic N) is 2. The number of hydrogen-bond donors (Lipinski definition) is 0. The quantitative estimate of drug-likeness (QED) is 0.626. The summed E-state index contributed by atoms with van der Waals surface area (Å²) < 4.78 is 38.8. The van der Waals surface area contributed by atoms with E-state index >= 15 is 0 Å². The topological polar surface area (TPSA) is 66.8 Å². The standard InChI is InChI=1S/C12H13FN2O3S/c13-10-4-6-11(7-5-10)19(17,18)15-8-2-1-3-12(15)14-9-16/h4-7,12H,1-3,8H2. The maximum absolute atomic E-state index is 12.8. The van der Waals surface area contributed by atoms with Gasteiger partial charge in [-0.2, -0.15) is 9.30 Å². The maximum atomic E-state index is 12.8. The number of sulfonamides is 1. The number of piperidine rings is 1. The van der Waals surface area contributed by atoms with Crippen molar-refractivity contribution in [3.8, 4) is 0 Å². The zero-order chi connectivity index (χ0) is 13.9. The average Bonchev–Trinajstić information content (AvgIpc) is 2.40. The molecule has 1 fully saturated rings. The van der Waals surface area contributed by atoms with E-state index in [-0.39, 0.29) is 4.90 Å². The monoisotopic (exact) mass is 284 g/mol. The molecular weight excluding hydrogens is 271 g/mol.